The van der Waals surface area contributed by atoms with E-state index >= 15 is 0 Å². The number of aliphatic hydroxyl groups is 1. The third-order valence-corrected chi connectivity index (χ3v) is 11.3. The number of fused-ring (bicyclic) bond motifs is 1. The first-order chi connectivity index (χ1) is 27.9. The van der Waals surface area contributed by atoms with Gasteiger partial charge in [0.1, 0.15) is 0 Å². The van der Waals surface area contributed by atoms with Crippen molar-refractivity contribution in [2.45, 2.75) is 95.5 Å². The predicted molar refractivity (Wildman–Crippen MR) is 217 cm³/mol. The third-order valence-electron chi connectivity index (χ3n) is 11.3. The number of hydrogen-bond acceptors (Lipinski definition) is 8. The lowest BCUT2D eigenvalue weighted by Gasteiger charge is -2.40. The van der Waals surface area contributed by atoms with E-state index in [-0.39, 0.29) is 48.8 Å². The minimum Gasteiger partial charge on any atom is -0.392 e. The summed E-state index contributed by atoms with van der Waals surface area (Å²) in [6.45, 7) is 2.87. The Morgan fingerprint density at radius 2 is 1.47 bits per heavy atom. The zero-order chi connectivity index (χ0) is 39.6. The first-order valence-corrected chi connectivity index (χ1v) is 20.2. The van der Waals surface area contributed by atoms with Crippen LogP contribution in [0, 0.1) is 0 Å². The number of likely N-dealkylation sites (tertiary alicyclic amines) is 1. The number of unbranched alkanes of at least 4 members (excludes halogenated alkanes) is 3. The number of nitrogens with zero attached hydrogens (tertiary/aromatic N) is 2. The molecule has 12 nitrogen and oxygen atoms in total. The van der Waals surface area contributed by atoms with Crippen molar-refractivity contribution in [3.63, 3.8) is 0 Å². The third kappa shape index (κ3) is 10.3. The van der Waals surface area contributed by atoms with Gasteiger partial charge >= 0.3 is 5.69 Å². The van der Waals surface area contributed by atoms with Crippen molar-refractivity contribution in [2.75, 3.05) is 19.6 Å². The Morgan fingerprint density at radius 3 is 2.21 bits per heavy atom. The van der Waals surface area contributed by atoms with Crippen molar-refractivity contribution in [1.82, 2.24) is 25.2 Å². The minimum atomic E-state index is -0.580. The molecular weight excluding hydrogens is 723 g/mol. The number of carbonyl (C=O) groups excluding carboxylic acids is 2. The second-order valence-corrected chi connectivity index (χ2v) is 15.2. The summed E-state index contributed by atoms with van der Waals surface area (Å²) in [7, 11) is 0. The van der Waals surface area contributed by atoms with E-state index in [1.54, 1.807) is 5.48 Å². The highest BCUT2D eigenvalue weighted by molar-refractivity contribution is 5.77. The summed E-state index contributed by atoms with van der Waals surface area (Å²) in [5, 5.41) is 21.3. The minimum absolute atomic E-state index is 0.0101. The molecule has 3 heterocycles. The van der Waals surface area contributed by atoms with Crippen LogP contribution in [0.4, 0.5) is 0 Å². The highest BCUT2D eigenvalue weighted by atomic mass is 16.7. The first kappa shape index (κ1) is 40.1. The Balaban J connectivity index is 0.984. The largest absolute Gasteiger partial charge is 0.392 e. The smallest absolute Gasteiger partial charge is 0.326 e. The maximum Gasteiger partial charge on any atom is 0.326 e. The van der Waals surface area contributed by atoms with Gasteiger partial charge < -0.3 is 29.8 Å². The number of nitrogens with one attached hydrogen (secondary N) is 3. The van der Waals surface area contributed by atoms with E-state index in [2.05, 4.69) is 45.5 Å². The number of hydroxylamine groups is 1. The van der Waals surface area contributed by atoms with Gasteiger partial charge in [-0.1, -0.05) is 97.8 Å². The van der Waals surface area contributed by atoms with Crippen LogP contribution < -0.4 is 16.5 Å². The Bertz CT molecular complexity index is 2140. The first-order valence-electron chi connectivity index (χ1n) is 20.2. The average Bonchev–Trinajstić information content (AvgIpc) is 3.59. The molecule has 300 valence electrons. The zero-order valence-electron chi connectivity index (χ0n) is 32.3. The van der Waals surface area contributed by atoms with E-state index in [9.17, 15) is 19.5 Å². The van der Waals surface area contributed by atoms with E-state index in [0.29, 0.717) is 25.8 Å². The van der Waals surface area contributed by atoms with Gasteiger partial charge in [-0.25, -0.2) is 10.3 Å². The number of rotatable bonds is 16. The maximum absolute atomic E-state index is 12.9. The van der Waals surface area contributed by atoms with Gasteiger partial charge in [-0.3, -0.25) is 19.4 Å². The number of aromatic amines is 1. The van der Waals surface area contributed by atoms with Crippen molar-refractivity contribution in [1.29, 1.82) is 0 Å². The quantitative estimate of drug-likeness (QED) is 0.0415. The van der Waals surface area contributed by atoms with Crippen LogP contribution in [0.25, 0.3) is 22.2 Å². The normalized spacial score (nSPS) is 19.1. The molecule has 2 saturated heterocycles. The van der Waals surface area contributed by atoms with Crippen LogP contribution in [0.1, 0.15) is 98.5 Å². The predicted octanol–water partition coefficient (Wildman–Crippen LogP) is 6.83. The molecule has 3 unspecified atom stereocenters. The van der Waals surface area contributed by atoms with E-state index in [4.69, 9.17) is 14.7 Å². The number of aliphatic hydroxyl groups excluding tert-OH is 1. The molecule has 2 aliphatic heterocycles. The molecule has 0 radical (unpaired) electrons. The van der Waals surface area contributed by atoms with Crippen LogP contribution in [0.15, 0.2) is 102 Å². The fourth-order valence-electron chi connectivity index (χ4n) is 8.16. The number of ether oxygens (including phenoxy) is 2. The van der Waals surface area contributed by atoms with Crippen LogP contribution >= 0.6 is 0 Å². The van der Waals surface area contributed by atoms with Gasteiger partial charge in [-0.05, 0) is 65.6 Å². The van der Waals surface area contributed by atoms with E-state index < -0.39 is 6.29 Å². The lowest BCUT2D eigenvalue weighted by molar-refractivity contribution is -0.253. The molecular formula is C45H53N5O7. The second kappa shape index (κ2) is 19.4. The van der Waals surface area contributed by atoms with Crippen molar-refractivity contribution >= 4 is 22.8 Å². The number of benzene rings is 4. The van der Waals surface area contributed by atoms with Crippen LogP contribution in [0.3, 0.4) is 0 Å². The standard InChI is InChI=1S/C45H53N5O7/c51-30-31-15-17-33(18-16-31)41-27-37(29-49-25-23-36(24-26-49)50-40-12-8-7-11-39(40)47-45(50)54)56-44(57-41)34-21-19-32(20-22-34)38-10-6-5-9-35(38)28-46-42(52)13-3-1-2-4-14-43(53)48-55/h5-12,15-22,36-37,41,44,51,55H,1-4,13-14,23-30H2,(H,46,52)(H,47,54)(H,48,53). The molecule has 2 fully saturated rings. The molecule has 0 spiro atoms. The number of carbonyl (C=O) groups is 2. The Kier molecular flexibility index (Phi) is 13.6. The van der Waals surface area contributed by atoms with Gasteiger partial charge in [0.25, 0.3) is 0 Å². The Morgan fingerprint density at radius 1 is 0.789 bits per heavy atom. The van der Waals surface area contributed by atoms with Gasteiger partial charge in [0.15, 0.2) is 6.29 Å². The SMILES string of the molecule is O=C(CCCCCCC(=O)NCc1ccccc1-c1ccc(C2OC(CN3CCC(n4c(=O)[nH]c5ccccc54)CC3)CC(c3ccc(CO)cc3)O2)cc1)NO. The van der Waals surface area contributed by atoms with E-state index in [1.807, 2.05) is 71.3 Å². The van der Waals surface area contributed by atoms with Gasteiger partial charge in [0.05, 0.1) is 29.8 Å². The summed E-state index contributed by atoms with van der Waals surface area (Å²) in [4.78, 5) is 42.1. The topological polar surface area (TPSA) is 158 Å². The molecule has 2 amide bonds. The average molecular weight is 776 g/mol. The number of para-hydroxylation sites is 2. The summed E-state index contributed by atoms with van der Waals surface area (Å²) in [5.74, 6) is -0.397. The summed E-state index contributed by atoms with van der Waals surface area (Å²) in [6, 6.07) is 32.3. The van der Waals surface area contributed by atoms with Gasteiger partial charge in [0.2, 0.25) is 11.8 Å². The van der Waals surface area contributed by atoms with Crippen LogP contribution in [0.5, 0.6) is 0 Å². The molecule has 4 aromatic carbocycles. The second-order valence-electron chi connectivity index (χ2n) is 15.2. The van der Waals surface area contributed by atoms with Crippen molar-refractivity contribution in [3.05, 3.63) is 130 Å². The maximum atomic E-state index is 12.9. The molecule has 7 rings (SSSR count). The number of hydrogen-bond donors (Lipinski definition) is 5. The summed E-state index contributed by atoms with van der Waals surface area (Å²) < 4.78 is 15.3. The molecule has 1 aromatic heterocycles. The molecule has 5 aromatic rings. The van der Waals surface area contributed by atoms with Crippen molar-refractivity contribution in [2.24, 2.45) is 0 Å². The molecule has 2 aliphatic rings. The molecule has 0 bridgehead atoms. The van der Waals surface area contributed by atoms with Gasteiger partial charge in [-0.2, -0.15) is 0 Å². The molecule has 12 heteroatoms. The van der Waals surface area contributed by atoms with Gasteiger partial charge in [0, 0.05) is 57.0 Å². The van der Waals surface area contributed by atoms with Crippen LogP contribution in [-0.2, 0) is 32.2 Å². The summed E-state index contributed by atoms with van der Waals surface area (Å²) >= 11 is 0. The lowest BCUT2D eigenvalue weighted by Crippen LogP contribution is -2.43. The molecule has 5 N–H and O–H groups in total. The van der Waals surface area contributed by atoms with Crippen molar-refractivity contribution in [3.8, 4) is 11.1 Å². The van der Waals surface area contributed by atoms with Crippen LogP contribution in [0.2, 0.25) is 0 Å². The van der Waals surface area contributed by atoms with E-state index in [0.717, 1.165) is 96.2 Å². The summed E-state index contributed by atoms with van der Waals surface area (Å²) in [6.07, 6.45) is 5.37. The number of piperidine rings is 1. The monoisotopic (exact) mass is 775 g/mol. The number of aromatic nitrogens is 2. The highest BCUT2D eigenvalue weighted by Gasteiger charge is 2.34. The fraction of sp³-hybridized carbons (Fsp3) is 0.400. The van der Waals surface area contributed by atoms with Crippen molar-refractivity contribution < 1.29 is 29.4 Å². The number of amides is 2. The summed E-state index contributed by atoms with van der Waals surface area (Å²) in [5.41, 5.74) is 9.31. The molecule has 0 aliphatic carbocycles. The number of imidazole rings is 1. The Hall–Kier alpha value is -5.11. The molecule has 0 saturated carbocycles. The van der Waals surface area contributed by atoms with E-state index in [1.165, 1.54) is 0 Å². The zero-order valence-corrected chi connectivity index (χ0v) is 32.3. The van der Waals surface area contributed by atoms with Crippen LogP contribution in [-0.4, -0.2) is 62.3 Å². The molecule has 57 heavy (non-hydrogen) atoms. The lowest BCUT2D eigenvalue weighted by atomic mass is 9.97. The Labute approximate surface area is 332 Å². The molecule has 3 atom stereocenters. The van der Waals surface area contributed by atoms with Gasteiger partial charge in [-0.15, -0.1) is 0 Å². The fourth-order valence-corrected chi connectivity index (χ4v) is 8.16. The highest BCUT2D eigenvalue weighted by Crippen LogP contribution is 2.39. The number of H-pyrrole nitrogens is 1.